The molecule has 0 bridgehead atoms. The highest BCUT2D eigenvalue weighted by Gasteiger charge is 2.14. The molecule has 0 spiro atoms. The summed E-state index contributed by atoms with van der Waals surface area (Å²) in [5, 5.41) is 10.3. The molecule has 18 heavy (non-hydrogen) atoms. The van der Waals surface area contributed by atoms with E-state index in [9.17, 15) is 5.11 Å². The Hall–Kier alpha value is -1.32. The van der Waals surface area contributed by atoms with Crippen LogP contribution in [0.3, 0.4) is 0 Å². The molecule has 0 fully saturated rings. The van der Waals surface area contributed by atoms with Gasteiger partial charge in [-0.05, 0) is 43.2 Å². The van der Waals surface area contributed by atoms with Gasteiger partial charge in [0.05, 0.1) is 13.2 Å². The number of benzene rings is 1. The van der Waals surface area contributed by atoms with Gasteiger partial charge in [0, 0.05) is 16.2 Å². The van der Waals surface area contributed by atoms with Gasteiger partial charge in [-0.25, -0.2) is 0 Å². The van der Waals surface area contributed by atoms with E-state index in [0.717, 1.165) is 16.2 Å². The van der Waals surface area contributed by atoms with Crippen molar-refractivity contribution in [2.24, 2.45) is 0 Å². The average molecular weight is 262 g/mol. The van der Waals surface area contributed by atoms with Crippen LogP contribution in [0.4, 0.5) is 0 Å². The molecule has 1 N–H and O–H groups in total. The quantitative estimate of drug-likeness (QED) is 0.911. The van der Waals surface area contributed by atoms with Crippen LogP contribution in [0.25, 0.3) is 0 Å². The van der Waals surface area contributed by atoms with Crippen LogP contribution in [0.2, 0.25) is 0 Å². The molecule has 0 radical (unpaired) electrons. The number of hydrogen-bond donors (Lipinski definition) is 1. The molecule has 0 saturated heterocycles. The zero-order valence-corrected chi connectivity index (χ0v) is 11.8. The van der Waals surface area contributed by atoms with E-state index in [1.54, 1.807) is 18.4 Å². The van der Waals surface area contributed by atoms with Gasteiger partial charge in [0.25, 0.3) is 0 Å². The summed E-state index contributed by atoms with van der Waals surface area (Å²) >= 11 is 1.67. The van der Waals surface area contributed by atoms with Crippen molar-refractivity contribution in [1.29, 1.82) is 0 Å². The maximum absolute atomic E-state index is 10.3. The van der Waals surface area contributed by atoms with Crippen LogP contribution >= 0.6 is 11.3 Å². The Bertz CT molecular complexity index is 531. The Labute approximate surface area is 112 Å². The van der Waals surface area contributed by atoms with Gasteiger partial charge in [-0.3, -0.25) is 0 Å². The van der Waals surface area contributed by atoms with Crippen molar-refractivity contribution >= 4 is 11.3 Å². The molecule has 1 unspecified atom stereocenters. The van der Waals surface area contributed by atoms with Crippen LogP contribution in [-0.2, 0) is 6.42 Å². The first-order valence-corrected chi connectivity index (χ1v) is 6.79. The van der Waals surface area contributed by atoms with Crippen molar-refractivity contribution in [1.82, 2.24) is 0 Å². The average Bonchev–Trinajstić information content (AvgIpc) is 2.69. The largest absolute Gasteiger partial charge is 0.497 e. The van der Waals surface area contributed by atoms with Crippen molar-refractivity contribution in [3.8, 4) is 5.75 Å². The molecule has 96 valence electrons. The molecule has 2 rings (SSSR count). The first-order valence-electron chi connectivity index (χ1n) is 5.98. The number of thiophene rings is 1. The molecule has 0 amide bonds. The highest BCUT2D eigenvalue weighted by atomic mass is 32.1. The third-order valence-electron chi connectivity index (χ3n) is 2.95. The first kappa shape index (κ1) is 13.1. The van der Waals surface area contributed by atoms with Crippen molar-refractivity contribution in [2.45, 2.75) is 26.4 Å². The zero-order valence-electron chi connectivity index (χ0n) is 10.9. The number of aryl methyl sites for hydroxylation is 2. The Morgan fingerprint density at radius 1 is 1.28 bits per heavy atom. The van der Waals surface area contributed by atoms with Crippen LogP contribution in [0.15, 0.2) is 30.3 Å². The lowest BCUT2D eigenvalue weighted by Crippen LogP contribution is -2.01. The van der Waals surface area contributed by atoms with E-state index in [1.165, 1.54) is 10.4 Å². The molecular formula is C15H18O2S. The van der Waals surface area contributed by atoms with Gasteiger partial charge in [0.2, 0.25) is 0 Å². The van der Waals surface area contributed by atoms with Gasteiger partial charge in [-0.2, -0.15) is 0 Å². The Kier molecular flexibility index (Phi) is 4.04. The Balaban J connectivity index is 2.15. The molecular weight excluding hydrogens is 244 g/mol. The van der Waals surface area contributed by atoms with Gasteiger partial charge in [0.1, 0.15) is 5.75 Å². The number of aliphatic hydroxyl groups excluding tert-OH is 1. The summed E-state index contributed by atoms with van der Waals surface area (Å²) in [5.74, 6) is 0.832. The number of aliphatic hydroxyl groups is 1. The predicted octanol–water partition coefficient (Wildman–Crippen LogP) is 3.65. The maximum atomic E-state index is 10.3. The third kappa shape index (κ3) is 2.92. The summed E-state index contributed by atoms with van der Waals surface area (Å²) in [4.78, 5) is 2.31. The van der Waals surface area contributed by atoms with Crippen molar-refractivity contribution in [3.63, 3.8) is 0 Å². The lowest BCUT2D eigenvalue weighted by Gasteiger charge is -2.11. The minimum atomic E-state index is -0.434. The molecule has 0 aliphatic carbocycles. The molecule has 1 heterocycles. The van der Waals surface area contributed by atoms with Crippen LogP contribution in [-0.4, -0.2) is 12.2 Å². The Morgan fingerprint density at radius 2 is 2.06 bits per heavy atom. The van der Waals surface area contributed by atoms with Crippen LogP contribution in [0.1, 0.15) is 27.0 Å². The highest BCUT2D eigenvalue weighted by Crippen LogP contribution is 2.30. The van der Waals surface area contributed by atoms with Crippen LogP contribution < -0.4 is 4.74 Å². The smallest absolute Gasteiger partial charge is 0.119 e. The zero-order chi connectivity index (χ0) is 13.1. The third-order valence-corrected chi connectivity index (χ3v) is 4.20. The number of ether oxygens (including phenoxy) is 1. The molecule has 1 aromatic heterocycles. The number of methoxy groups -OCH3 is 1. The first-order chi connectivity index (χ1) is 8.60. The van der Waals surface area contributed by atoms with Gasteiger partial charge >= 0.3 is 0 Å². The monoisotopic (exact) mass is 262 g/mol. The van der Waals surface area contributed by atoms with Gasteiger partial charge in [0.15, 0.2) is 0 Å². The van der Waals surface area contributed by atoms with E-state index < -0.39 is 6.10 Å². The number of rotatable bonds is 4. The fourth-order valence-electron chi connectivity index (χ4n) is 2.11. The fourth-order valence-corrected chi connectivity index (χ4v) is 3.13. The van der Waals surface area contributed by atoms with Crippen molar-refractivity contribution in [2.75, 3.05) is 7.11 Å². The van der Waals surface area contributed by atoms with E-state index >= 15 is 0 Å². The number of hydrogen-bond acceptors (Lipinski definition) is 3. The van der Waals surface area contributed by atoms with Crippen molar-refractivity contribution < 1.29 is 9.84 Å². The van der Waals surface area contributed by atoms with Gasteiger partial charge < -0.3 is 9.84 Å². The molecule has 3 heteroatoms. The molecule has 2 nitrogen and oxygen atoms in total. The van der Waals surface area contributed by atoms with Crippen molar-refractivity contribution in [3.05, 3.63) is 51.2 Å². The van der Waals surface area contributed by atoms with Gasteiger partial charge in [-0.15, -0.1) is 11.3 Å². The summed E-state index contributed by atoms with van der Waals surface area (Å²) in [7, 11) is 1.66. The lowest BCUT2D eigenvalue weighted by molar-refractivity contribution is 0.181. The minimum absolute atomic E-state index is 0.434. The summed E-state index contributed by atoms with van der Waals surface area (Å²) in [6.45, 7) is 4.12. The normalized spacial score (nSPS) is 12.4. The topological polar surface area (TPSA) is 29.5 Å². The van der Waals surface area contributed by atoms with Crippen LogP contribution in [0, 0.1) is 13.8 Å². The second kappa shape index (κ2) is 5.55. The molecule has 1 aromatic carbocycles. The van der Waals surface area contributed by atoms with E-state index in [1.807, 2.05) is 31.2 Å². The lowest BCUT2D eigenvalue weighted by atomic mass is 10.0. The fraction of sp³-hybridized carbons (Fsp3) is 0.333. The molecule has 2 aromatic rings. The second-order valence-electron chi connectivity index (χ2n) is 4.48. The Morgan fingerprint density at radius 3 is 2.67 bits per heavy atom. The molecule has 0 aliphatic heterocycles. The molecule has 0 saturated carbocycles. The van der Waals surface area contributed by atoms with E-state index in [-0.39, 0.29) is 0 Å². The summed E-state index contributed by atoms with van der Waals surface area (Å²) in [5.41, 5.74) is 2.26. The van der Waals surface area contributed by atoms with E-state index in [4.69, 9.17) is 4.74 Å². The summed E-state index contributed by atoms with van der Waals surface area (Å²) in [6, 6.07) is 9.97. The van der Waals surface area contributed by atoms with E-state index in [2.05, 4.69) is 13.0 Å². The highest BCUT2D eigenvalue weighted by molar-refractivity contribution is 7.12. The van der Waals surface area contributed by atoms with Crippen LogP contribution in [0.5, 0.6) is 5.75 Å². The summed E-state index contributed by atoms with van der Waals surface area (Å²) < 4.78 is 5.19. The molecule has 1 atom stereocenters. The minimum Gasteiger partial charge on any atom is -0.497 e. The maximum Gasteiger partial charge on any atom is 0.119 e. The van der Waals surface area contributed by atoms with Gasteiger partial charge in [-0.1, -0.05) is 12.1 Å². The molecule has 0 aliphatic rings. The second-order valence-corrected chi connectivity index (χ2v) is 5.76. The van der Waals surface area contributed by atoms with E-state index in [0.29, 0.717) is 6.42 Å². The SMILES string of the molecule is COc1cccc(CC(O)c2sc(C)cc2C)c1. The standard InChI is InChI=1S/C15H18O2S/c1-10-7-11(2)18-15(10)14(16)9-12-5-4-6-13(8-12)17-3/h4-8,14,16H,9H2,1-3H3. The predicted molar refractivity (Wildman–Crippen MR) is 75.5 cm³/mol. The summed E-state index contributed by atoms with van der Waals surface area (Å²) in [6.07, 6.45) is 0.189.